The summed E-state index contributed by atoms with van der Waals surface area (Å²) in [6.07, 6.45) is 3.68. The summed E-state index contributed by atoms with van der Waals surface area (Å²) in [4.78, 5) is 0.346. The van der Waals surface area contributed by atoms with E-state index in [0.29, 0.717) is 21.5 Å². The first-order valence-corrected chi connectivity index (χ1v) is 7.05. The van der Waals surface area contributed by atoms with E-state index in [1.54, 1.807) is 0 Å². The van der Waals surface area contributed by atoms with Crippen molar-refractivity contribution in [2.75, 3.05) is 5.32 Å². The summed E-state index contributed by atoms with van der Waals surface area (Å²) < 4.78 is 0. The van der Waals surface area contributed by atoms with Crippen molar-refractivity contribution in [2.45, 2.75) is 39.2 Å². The van der Waals surface area contributed by atoms with Gasteiger partial charge in [-0.1, -0.05) is 50.2 Å². The maximum atomic E-state index is 6.17. The molecule has 0 radical (unpaired) electrons. The number of anilines is 1. The van der Waals surface area contributed by atoms with Crippen LogP contribution in [-0.2, 0) is 0 Å². The molecule has 0 aromatic heterocycles. The predicted molar refractivity (Wildman–Crippen MR) is 82.4 cm³/mol. The second-order valence-corrected chi connectivity index (χ2v) is 6.45. The molecule has 0 spiro atoms. The summed E-state index contributed by atoms with van der Waals surface area (Å²) in [5.74, 6) is 0. The second kappa shape index (κ2) is 5.06. The molecule has 4 heteroatoms. The molecule has 1 aliphatic carbocycles. The van der Waals surface area contributed by atoms with Gasteiger partial charge >= 0.3 is 0 Å². The number of rotatable bonds is 3. The molecular weight excluding hydrogens is 264 g/mol. The van der Waals surface area contributed by atoms with Crippen LogP contribution in [0.4, 0.5) is 5.69 Å². The number of hydrogen-bond donors (Lipinski definition) is 2. The summed E-state index contributed by atoms with van der Waals surface area (Å²) in [6.45, 7) is 4.59. The highest BCUT2D eigenvalue weighted by molar-refractivity contribution is 7.80. The maximum absolute atomic E-state index is 6.17. The van der Waals surface area contributed by atoms with E-state index in [-0.39, 0.29) is 0 Å². The molecular formula is C14H19ClN2S. The number of hydrogen-bond acceptors (Lipinski definition) is 2. The van der Waals surface area contributed by atoms with Gasteiger partial charge in [-0.15, -0.1) is 0 Å². The normalized spacial score (nSPS) is 21.8. The Morgan fingerprint density at radius 2 is 2.22 bits per heavy atom. The van der Waals surface area contributed by atoms with Crippen LogP contribution in [0.5, 0.6) is 0 Å². The Bertz CT molecular complexity index is 471. The zero-order valence-corrected chi connectivity index (χ0v) is 12.4. The maximum Gasteiger partial charge on any atom is 0.107 e. The molecule has 18 heavy (non-hydrogen) atoms. The molecule has 98 valence electrons. The Kier molecular flexibility index (Phi) is 3.83. The summed E-state index contributed by atoms with van der Waals surface area (Å²) in [7, 11) is 0. The zero-order chi connectivity index (χ0) is 13.3. The minimum absolute atomic E-state index is 0.301. The molecule has 0 amide bonds. The van der Waals surface area contributed by atoms with Crippen LogP contribution in [0.3, 0.4) is 0 Å². The van der Waals surface area contributed by atoms with Crippen molar-refractivity contribution in [1.29, 1.82) is 0 Å². The van der Waals surface area contributed by atoms with Gasteiger partial charge < -0.3 is 11.1 Å². The summed E-state index contributed by atoms with van der Waals surface area (Å²) >= 11 is 11.3. The highest BCUT2D eigenvalue weighted by Crippen LogP contribution is 2.39. The van der Waals surface area contributed by atoms with E-state index in [9.17, 15) is 0 Å². The Balaban J connectivity index is 2.29. The molecule has 1 saturated carbocycles. The molecule has 1 aromatic carbocycles. The van der Waals surface area contributed by atoms with E-state index in [4.69, 9.17) is 29.6 Å². The molecule has 0 saturated heterocycles. The minimum Gasteiger partial charge on any atom is -0.389 e. The molecule has 1 aromatic rings. The number of thiocarbonyl (C=S) groups is 1. The molecule has 0 bridgehead atoms. The lowest BCUT2D eigenvalue weighted by Gasteiger charge is -2.29. The van der Waals surface area contributed by atoms with Crippen LogP contribution in [0.2, 0.25) is 5.02 Å². The molecule has 1 aliphatic rings. The van der Waals surface area contributed by atoms with Crippen molar-refractivity contribution in [1.82, 2.24) is 0 Å². The monoisotopic (exact) mass is 282 g/mol. The van der Waals surface area contributed by atoms with Crippen molar-refractivity contribution in [3.8, 4) is 0 Å². The Hall–Kier alpha value is -0.800. The van der Waals surface area contributed by atoms with Gasteiger partial charge in [-0.25, -0.2) is 0 Å². The number of benzene rings is 1. The van der Waals surface area contributed by atoms with Crippen LogP contribution >= 0.6 is 23.8 Å². The van der Waals surface area contributed by atoms with Gasteiger partial charge in [0.25, 0.3) is 0 Å². The molecule has 2 rings (SSSR count). The fourth-order valence-corrected chi connectivity index (χ4v) is 3.23. The molecule has 3 N–H and O–H groups in total. The summed E-state index contributed by atoms with van der Waals surface area (Å²) in [5.41, 5.74) is 7.78. The van der Waals surface area contributed by atoms with Crippen molar-refractivity contribution in [3.63, 3.8) is 0 Å². The number of nitrogens with two attached hydrogens (primary N) is 1. The van der Waals surface area contributed by atoms with Gasteiger partial charge in [0, 0.05) is 11.7 Å². The molecule has 0 aliphatic heterocycles. The van der Waals surface area contributed by atoms with Gasteiger partial charge in [-0.05, 0) is 30.4 Å². The van der Waals surface area contributed by atoms with Crippen LogP contribution in [0, 0.1) is 5.41 Å². The number of nitrogens with one attached hydrogen (secondary N) is 1. The van der Waals surface area contributed by atoms with E-state index in [0.717, 1.165) is 11.3 Å². The first-order valence-electron chi connectivity index (χ1n) is 6.26. The van der Waals surface area contributed by atoms with Gasteiger partial charge in [0.1, 0.15) is 4.99 Å². The van der Waals surface area contributed by atoms with Crippen molar-refractivity contribution in [3.05, 3.63) is 28.8 Å². The highest BCUT2D eigenvalue weighted by Gasteiger charge is 2.34. The zero-order valence-electron chi connectivity index (χ0n) is 10.8. The second-order valence-electron chi connectivity index (χ2n) is 5.60. The lowest BCUT2D eigenvalue weighted by Crippen LogP contribution is -2.31. The topological polar surface area (TPSA) is 38.0 Å². The quantitative estimate of drug-likeness (QED) is 0.824. The molecule has 1 atom stereocenters. The fourth-order valence-electron chi connectivity index (χ4n) is 2.68. The number of halogens is 1. The SMILES string of the molecule is CC1(C)CCCC1Nc1cccc(Cl)c1C(N)=S. The predicted octanol–water partition coefficient (Wildman–Crippen LogP) is 3.96. The highest BCUT2D eigenvalue weighted by atomic mass is 35.5. The van der Waals surface area contributed by atoms with Crippen LogP contribution < -0.4 is 11.1 Å². The Morgan fingerprint density at radius 1 is 1.50 bits per heavy atom. The third-order valence-electron chi connectivity index (χ3n) is 3.85. The van der Waals surface area contributed by atoms with Crippen molar-refractivity contribution in [2.24, 2.45) is 11.1 Å². The lowest BCUT2D eigenvalue weighted by molar-refractivity contribution is 0.350. The fraction of sp³-hybridized carbons (Fsp3) is 0.500. The van der Waals surface area contributed by atoms with Gasteiger partial charge in [0.05, 0.1) is 10.6 Å². The van der Waals surface area contributed by atoms with Crippen LogP contribution in [0.1, 0.15) is 38.7 Å². The standard InChI is InChI=1S/C14H19ClN2S/c1-14(2)8-4-7-11(14)17-10-6-3-5-9(15)12(10)13(16)18/h3,5-6,11,17H,4,7-8H2,1-2H3,(H2,16,18). The molecule has 2 nitrogen and oxygen atoms in total. The average Bonchev–Trinajstić information content (AvgIpc) is 2.58. The Labute approximate surface area is 119 Å². The lowest BCUT2D eigenvalue weighted by atomic mass is 9.87. The summed E-state index contributed by atoms with van der Waals surface area (Å²) in [6, 6.07) is 6.19. The van der Waals surface area contributed by atoms with Crippen LogP contribution in [0.25, 0.3) is 0 Å². The molecule has 0 heterocycles. The van der Waals surface area contributed by atoms with Gasteiger partial charge in [0.15, 0.2) is 0 Å². The van der Waals surface area contributed by atoms with Crippen molar-refractivity contribution >= 4 is 34.5 Å². The first kappa shape index (κ1) is 13.6. The average molecular weight is 283 g/mol. The van der Waals surface area contributed by atoms with Gasteiger partial charge in [-0.3, -0.25) is 0 Å². The third-order valence-corrected chi connectivity index (χ3v) is 4.37. The largest absolute Gasteiger partial charge is 0.389 e. The Morgan fingerprint density at radius 3 is 2.78 bits per heavy atom. The van der Waals surface area contributed by atoms with Gasteiger partial charge in [0.2, 0.25) is 0 Å². The van der Waals surface area contributed by atoms with Crippen LogP contribution in [-0.4, -0.2) is 11.0 Å². The molecule has 1 unspecified atom stereocenters. The molecule has 1 fully saturated rings. The van der Waals surface area contributed by atoms with Crippen LogP contribution in [0.15, 0.2) is 18.2 Å². The van der Waals surface area contributed by atoms with Gasteiger partial charge in [-0.2, -0.15) is 0 Å². The van der Waals surface area contributed by atoms with E-state index >= 15 is 0 Å². The first-order chi connectivity index (χ1) is 8.42. The van der Waals surface area contributed by atoms with E-state index in [2.05, 4.69) is 19.2 Å². The summed E-state index contributed by atoms with van der Waals surface area (Å²) in [5, 5.41) is 4.18. The smallest absolute Gasteiger partial charge is 0.107 e. The third kappa shape index (κ3) is 2.62. The van der Waals surface area contributed by atoms with E-state index in [1.165, 1.54) is 19.3 Å². The van der Waals surface area contributed by atoms with Crippen molar-refractivity contribution < 1.29 is 0 Å². The minimum atomic E-state index is 0.301. The van der Waals surface area contributed by atoms with E-state index in [1.807, 2.05) is 18.2 Å². The van der Waals surface area contributed by atoms with E-state index < -0.39 is 0 Å².